The molecule has 1 aromatic carbocycles. The van der Waals surface area contributed by atoms with Gasteiger partial charge in [0.05, 0.1) is 5.92 Å². The molecule has 0 aromatic heterocycles. The summed E-state index contributed by atoms with van der Waals surface area (Å²) in [6.07, 6.45) is 0. The molecule has 0 aliphatic carbocycles. The van der Waals surface area contributed by atoms with Crippen LogP contribution in [0.25, 0.3) is 0 Å². The Morgan fingerprint density at radius 2 is 2.00 bits per heavy atom. The van der Waals surface area contributed by atoms with Crippen molar-refractivity contribution >= 4 is 5.97 Å². The summed E-state index contributed by atoms with van der Waals surface area (Å²) in [6, 6.07) is 9.84. The maximum Gasteiger partial charge on any atom is 0.308 e. The zero-order valence-corrected chi connectivity index (χ0v) is 7.81. The van der Waals surface area contributed by atoms with Crippen molar-refractivity contribution < 1.29 is 9.90 Å². The van der Waals surface area contributed by atoms with Gasteiger partial charge in [-0.1, -0.05) is 30.3 Å². The van der Waals surface area contributed by atoms with Crippen LogP contribution >= 0.6 is 0 Å². The normalized spacial score (nSPS) is 26.3. The first-order valence-corrected chi connectivity index (χ1v) is 4.77. The second-order valence-electron chi connectivity index (χ2n) is 3.62. The number of aliphatic carboxylic acids is 1. The molecule has 1 unspecified atom stereocenters. The fourth-order valence-electron chi connectivity index (χ4n) is 1.99. The Morgan fingerprint density at radius 3 is 2.64 bits per heavy atom. The van der Waals surface area contributed by atoms with Crippen LogP contribution in [0.1, 0.15) is 11.5 Å². The minimum absolute atomic E-state index is 0.119. The van der Waals surface area contributed by atoms with Crippen molar-refractivity contribution in [2.24, 2.45) is 5.92 Å². The molecule has 74 valence electrons. The predicted octanol–water partition coefficient (Wildman–Crippen LogP) is 1.07. The van der Waals surface area contributed by atoms with Crippen LogP contribution in [0.4, 0.5) is 0 Å². The van der Waals surface area contributed by atoms with E-state index in [1.807, 2.05) is 30.3 Å². The molecule has 1 aliphatic heterocycles. The molecule has 2 N–H and O–H groups in total. The molecule has 3 heteroatoms. The van der Waals surface area contributed by atoms with Crippen LogP contribution in [-0.4, -0.2) is 24.2 Å². The Bertz CT molecular complexity index is 323. The lowest BCUT2D eigenvalue weighted by molar-refractivity contribution is -0.141. The molecule has 0 spiro atoms. The lowest BCUT2D eigenvalue weighted by Gasteiger charge is -2.14. The van der Waals surface area contributed by atoms with E-state index in [4.69, 9.17) is 5.11 Å². The summed E-state index contributed by atoms with van der Waals surface area (Å²) in [5.41, 5.74) is 1.12. The standard InChI is InChI=1S/C11H13NO2/c13-11(14)10-7-12-6-9(10)8-4-2-1-3-5-8/h1-5,9-10,12H,6-7H2,(H,13,14)/t9-,10?/m0/s1. The van der Waals surface area contributed by atoms with Crippen LogP contribution in [0.3, 0.4) is 0 Å². The average Bonchev–Trinajstić information content (AvgIpc) is 2.67. The largest absolute Gasteiger partial charge is 0.481 e. The Balaban J connectivity index is 2.22. The van der Waals surface area contributed by atoms with Gasteiger partial charge in [0, 0.05) is 19.0 Å². The quantitative estimate of drug-likeness (QED) is 0.735. The highest BCUT2D eigenvalue weighted by Gasteiger charge is 2.33. The van der Waals surface area contributed by atoms with Gasteiger partial charge in [-0.15, -0.1) is 0 Å². The van der Waals surface area contributed by atoms with E-state index < -0.39 is 5.97 Å². The van der Waals surface area contributed by atoms with Gasteiger partial charge in [0.1, 0.15) is 0 Å². The van der Waals surface area contributed by atoms with Crippen molar-refractivity contribution in [2.75, 3.05) is 13.1 Å². The minimum atomic E-state index is -0.705. The van der Waals surface area contributed by atoms with E-state index in [1.165, 1.54) is 0 Å². The third-order valence-electron chi connectivity index (χ3n) is 2.76. The lowest BCUT2D eigenvalue weighted by Crippen LogP contribution is -2.20. The molecule has 0 saturated carbocycles. The van der Waals surface area contributed by atoms with E-state index >= 15 is 0 Å². The maximum absolute atomic E-state index is 10.9. The van der Waals surface area contributed by atoms with Crippen molar-refractivity contribution in [3.05, 3.63) is 35.9 Å². The number of benzene rings is 1. The van der Waals surface area contributed by atoms with Gasteiger partial charge in [-0.2, -0.15) is 0 Å². The first kappa shape index (κ1) is 9.21. The Morgan fingerprint density at radius 1 is 1.29 bits per heavy atom. The summed E-state index contributed by atoms with van der Waals surface area (Å²) in [5.74, 6) is -0.866. The van der Waals surface area contributed by atoms with Crippen LogP contribution in [0.5, 0.6) is 0 Å². The molecule has 1 saturated heterocycles. The molecular weight excluding hydrogens is 178 g/mol. The van der Waals surface area contributed by atoms with Gasteiger partial charge in [-0.05, 0) is 5.56 Å². The molecule has 0 bridgehead atoms. The predicted molar refractivity (Wildman–Crippen MR) is 53.2 cm³/mol. The second-order valence-corrected chi connectivity index (χ2v) is 3.62. The first-order chi connectivity index (χ1) is 6.79. The second kappa shape index (κ2) is 3.80. The fourth-order valence-corrected chi connectivity index (χ4v) is 1.99. The van der Waals surface area contributed by atoms with Gasteiger partial charge in [0.2, 0.25) is 0 Å². The number of carbonyl (C=O) groups is 1. The van der Waals surface area contributed by atoms with E-state index in [0.29, 0.717) is 6.54 Å². The summed E-state index contributed by atoms with van der Waals surface area (Å²) in [5, 5.41) is 12.1. The van der Waals surface area contributed by atoms with Crippen molar-refractivity contribution in [1.82, 2.24) is 5.32 Å². The molecule has 2 atom stereocenters. The molecule has 1 heterocycles. The van der Waals surface area contributed by atoms with E-state index in [9.17, 15) is 4.79 Å². The Hall–Kier alpha value is -1.35. The highest BCUT2D eigenvalue weighted by atomic mass is 16.4. The van der Waals surface area contributed by atoms with E-state index in [-0.39, 0.29) is 11.8 Å². The van der Waals surface area contributed by atoms with Gasteiger partial charge in [0.25, 0.3) is 0 Å². The molecule has 3 nitrogen and oxygen atoms in total. The molecule has 0 radical (unpaired) electrons. The molecule has 1 fully saturated rings. The van der Waals surface area contributed by atoms with Crippen molar-refractivity contribution in [3.63, 3.8) is 0 Å². The van der Waals surface area contributed by atoms with Crippen LogP contribution in [-0.2, 0) is 4.79 Å². The number of carboxylic acids is 1. The van der Waals surface area contributed by atoms with Crippen molar-refractivity contribution in [2.45, 2.75) is 5.92 Å². The van der Waals surface area contributed by atoms with Gasteiger partial charge < -0.3 is 10.4 Å². The van der Waals surface area contributed by atoms with Gasteiger partial charge in [-0.3, -0.25) is 4.79 Å². The van der Waals surface area contributed by atoms with Crippen LogP contribution in [0, 0.1) is 5.92 Å². The lowest BCUT2D eigenvalue weighted by atomic mass is 9.89. The van der Waals surface area contributed by atoms with Gasteiger partial charge in [0.15, 0.2) is 0 Å². The van der Waals surface area contributed by atoms with E-state index in [2.05, 4.69) is 5.32 Å². The topological polar surface area (TPSA) is 49.3 Å². The Kier molecular flexibility index (Phi) is 2.50. The molecule has 0 amide bonds. The molecule has 1 aliphatic rings. The number of nitrogens with one attached hydrogen (secondary N) is 1. The highest BCUT2D eigenvalue weighted by molar-refractivity contribution is 5.72. The SMILES string of the molecule is O=C(O)C1CNC[C@H]1c1ccccc1. The summed E-state index contributed by atoms with van der Waals surface area (Å²) >= 11 is 0. The smallest absolute Gasteiger partial charge is 0.308 e. The average molecular weight is 191 g/mol. The van der Waals surface area contributed by atoms with Gasteiger partial charge >= 0.3 is 5.97 Å². The molecule has 14 heavy (non-hydrogen) atoms. The van der Waals surface area contributed by atoms with Crippen LogP contribution < -0.4 is 5.32 Å². The van der Waals surface area contributed by atoms with Gasteiger partial charge in [-0.25, -0.2) is 0 Å². The van der Waals surface area contributed by atoms with E-state index in [1.54, 1.807) is 0 Å². The first-order valence-electron chi connectivity index (χ1n) is 4.77. The number of carboxylic acid groups (broad SMARTS) is 1. The van der Waals surface area contributed by atoms with Crippen LogP contribution in [0.15, 0.2) is 30.3 Å². The third-order valence-corrected chi connectivity index (χ3v) is 2.76. The summed E-state index contributed by atoms with van der Waals surface area (Å²) in [6.45, 7) is 1.34. The third kappa shape index (κ3) is 1.63. The summed E-state index contributed by atoms with van der Waals surface area (Å²) in [7, 11) is 0. The minimum Gasteiger partial charge on any atom is -0.481 e. The monoisotopic (exact) mass is 191 g/mol. The number of rotatable bonds is 2. The van der Waals surface area contributed by atoms with Crippen molar-refractivity contribution in [1.29, 1.82) is 0 Å². The Labute approximate surface area is 82.8 Å². The number of hydrogen-bond donors (Lipinski definition) is 2. The van der Waals surface area contributed by atoms with E-state index in [0.717, 1.165) is 12.1 Å². The maximum atomic E-state index is 10.9. The highest BCUT2D eigenvalue weighted by Crippen LogP contribution is 2.27. The molecule has 1 aromatic rings. The summed E-state index contributed by atoms with van der Waals surface area (Å²) < 4.78 is 0. The van der Waals surface area contributed by atoms with Crippen molar-refractivity contribution in [3.8, 4) is 0 Å². The van der Waals surface area contributed by atoms with Crippen LogP contribution in [0.2, 0.25) is 0 Å². The summed E-state index contributed by atoms with van der Waals surface area (Å²) in [4.78, 5) is 10.9. The number of hydrogen-bond acceptors (Lipinski definition) is 2. The molecule has 2 rings (SSSR count). The zero-order chi connectivity index (χ0) is 9.97. The molecular formula is C11H13NO2. The fraction of sp³-hybridized carbons (Fsp3) is 0.364. The zero-order valence-electron chi connectivity index (χ0n) is 7.81.